The lowest BCUT2D eigenvalue weighted by Gasteiger charge is -2.06. The van der Waals surface area contributed by atoms with Gasteiger partial charge in [0.05, 0.1) is 5.56 Å². The number of carboxylic acids is 1. The monoisotopic (exact) mass is 273 g/mol. The van der Waals surface area contributed by atoms with Crippen LogP contribution in [-0.4, -0.2) is 16.8 Å². The molecule has 0 radical (unpaired) electrons. The zero-order valence-electron chi connectivity index (χ0n) is 10.6. The predicted molar refractivity (Wildman–Crippen MR) is 79.6 cm³/mol. The lowest BCUT2D eigenvalue weighted by atomic mass is 10.0. The second kappa shape index (κ2) is 5.80. The number of hydrogen-bond donors (Lipinski definition) is 2. The number of nitrogen functional groups attached to an aromatic ring is 1. The fraction of sp³-hybridized carbons (Fsp3) is 0.133. The van der Waals surface area contributed by atoms with Crippen molar-refractivity contribution in [3.63, 3.8) is 0 Å². The van der Waals surface area contributed by atoms with Crippen LogP contribution in [0.15, 0.2) is 47.4 Å². The highest BCUT2D eigenvalue weighted by Crippen LogP contribution is 2.26. The van der Waals surface area contributed by atoms with Crippen molar-refractivity contribution in [2.75, 3.05) is 11.5 Å². The molecular weight excluding hydrogens is 258 g/mol. The van der Waals surface area contributed by atoms with Crippen molar-refractivity contribution in [3.8, 4) is 11.1 Å². The van der Waals surface area contributed by atoms with E-state index in [9.17, 15) is 4.79 Å². The van der Waals surface area contributed by atoms with E-state index in [4.69, 9.17) is 10.8 Å². The number of carbonyl (C=O) groups is 1. The van der Waals surface area contributed by atoms with Crippen LogP contribution in [0.25, 0.3) is 11.1 Å². The van der Waals surface area contributed by atoms with E-state index in [0.717, 1.165) is 16.9 Å². The van der Waals surface area contributed by atoms with Crippen LogP contribution < -0.4 is 5.73 Å². The first kappa shape index (κ1) is 13.5. The molecule has 19 heavy (non-hydrogen) atoms. The smallest absolute Gasteiger partial charge is 0.335 e. The molecule has 2 aromatic carbocycles. The second-order valence-corrected chi connectivity index (χ2v) is 5.44. The van der Waals surface area contributed by atoms with Crippen molar-refractivity contribution in [2.24, 2.45) is 0 Å². The van der Waals surface area contributed by atoms with Crippen molar-refractivity contribution in [1.82, 2.24) is 0 Å². The van der Waals surface area contributed by atoms with Gasteiger partial charge in [-0.15, -0.1) is 11.8 Å². The molecule has 0 atom stereocenters. The summed E-state index contributed by atoms with van der Waals surface area (Å²) in [5.41, 5.74) is 8.21. The minimum Gasteiger partial charge on any atom is -0.478 e. The van der Waals surface area contributed by atoms with E-state index in [1.165, 1.54) is 11.0 Å². The molecule has 0 aromatic heterocycles. The zero-order valence-corrected chi connectivity index (χ0v) is 11.4. The summed E-state index contributed by atoms with van der Waals surface area (Å²) >= 11 is 1.77. The molecule has 98 valence electrons. The van der Waals surface area contributed by atoms with Gasteiger partial charge in [0, 0.05) is 10.6 Å². The molecule has 0 unspecified atom stereocenters. The average Bonchev–Trinajstić information content (AvgIpc) is 2.39. The highest BCUT2D eigenvalue weighted by Gasteiger charge is 2.07. The number of rotatable bonds is 4. The minimum absolute atomic E-state index is 0.210. The molecule has 4 heteroatoms. The number of anilines is 1. The topological polar surface area (TPSA) is 63.3 Å². The highest BCUT2D eigenvalue weighted by atomic mass is 32.2. The normalized spacial score (nSPS) is 10.4. The summed E-state index contributed by atoms with van der Waals surface area (Å²) in [5.74, 6) is 0.0626. The summed E-state index contributed by atoms with van der Waals surface area (Å²) in [7, 11) is 0. The van der Waals surface area contributed by atoms with Gasteiger partial charge in [0.1, 0.15) is 0 Å². The van der Waals surface area contributed by atoms with E-state index >= 15 is 0 Å². The Balaban J connectivity index is 2.38. The van der Waals surface area contributed by atoms with Crippen LogP contribution >= 0.6 is 11.8 Å². The third kappa shape index (κ3) is 3.29. The van der Waals surface area contributed by atoms with Crippen molar-refractivity contribution >= 4 is 23.4 Å². The fourth-order valence-corrected chi connectivity index (χ4v) is 2.51. The maximum absolute atomic E-state index is 11.0. The molecule has 0 aliphatic rings. The molecule has 0 saturated heterocycles. The maximum Gasteiger partial charge on any atom is 0.335 e. The Bertz CT molecular complexity index is 594. The predicted octanol–water partition coefficient (Wildman–Crippen LogP) is 3.75. The Labute approximate surface area is 116 Å². The molecule has 2 aromatic rings. The largest absolute Gasteiger partial charge is 0.478 e. The van der Waals surface area contributed by atoms with E-state index in [-0.39, 0.29) is 5.56 Å². The van der Waals surface area contributed by atoms with Crippen molar-refractivity contribution in [1.29, 1.82) is 0 Å². The van der Waals surface area contributed by atoms with E-state index in [0.29, 0.717) is 5.69 Å². The number of benzene rings is 2. The SMILES string of the molecule is CCSc1ccc(-c2cc(N)cc(C(=O)O)c2)cc1. The van der Waals surface area contributed by atoms with Gasteiger partial charge in [-0.2, -0.15) is 0 Å². The van der Waals surface area contributed by atoms with E-state index in [1.54, 1.807) is 23.9 Å². The van der Waals surface area contributed by atoms with Gasteiger partial charge < -0.3 is 10.8 Å². The van der Waals surface area contributed by atoms with Crippen LogP contribution in [0.1, 0.15) is 17.3 Å². The molecule has 0 saturated carbocycles. The third-order valence-corrected chi connectivity index (χ3v) is 3.60. The van der Waals surface area contributed by atoms with E-state index in [1.807, 2.05) is 24.3 Å². The lowest BCUT2D eigenvalue weighted by Crippen LogP contribution is -1.98. The Hall–Kier alpha value is -1.94. The highest BCUT2D eigenvalue weighted by molar-refractivity contribution is 7.99. The summed E-state index contributed by atoms with van der Waals surface area (Å²) in [4.78, 5) is 12.2. The molecular formula is C15H15NO2S. The Morgan fingerprint density at radius 2 is 1.84 bits per heavy atom. The minimum atomic E-state index is -0.966. The third-order valence-electron chi connectivity index (χ3n) is 2.70. The Morgan fingerprint density at radius 1 is 1.16 bits per heavy atom. The maximum atomic E-state index is 11.0. The summed E-state index contributed by atoms with van der Waals surface area (Å²) in [6.45, 7) is 2.11. The van der Waals surface area contributed by atoms with E-state index < -0.39 is 5.97 Å². The summed E-state index contributed by atoms with van der Waals surface area (Å²) in [6, 6.07) is 12.9. The van der Waals surface area contributed by atoms with Crippen LogP contribution in [-0.2, 0) is 0 Å². The number of hydrogen-bond acceptors (Lipinski definition) is 3. The van der Waals surface area contributed by atoms with Crippen molar-refractivity contribution < 1.29 is 9.90 Å². The molecule has 0 aliphatic carbocycles. The van der Waals surface area contributed by atoms with Gasteiger partial charge in [0.25, 0.3) is 0 Å². The lowest BCUT2D eigenvalue weighted by molar-refractivity contribution is 0.0697. The fourth-order valence-electron chi connectivity index (χ4n) is 1.85. The van der Waals surface area contributed by atoms with Gasteiger partial charge in [0.2, 0.25) is 0 Å². The van der Waals surface area contributed by atoms with Crippen molar-refractivity contribution in [2.45, 2.75) is 11.8 Å². The van der Waals surface area contributed by atoms with Gasteiger partial charge in [-0.3, -0.25) is 0 Å². The first-order chi connectivity index (χ1) is 9.10. The Morgan fingerprint density at radius 3 is 2.42 bits per heavy atom. The van der Waals surface area contributed by atoms with Crippen LogP contribution in [0, 0.1) is 0 Å². The van der Waals surface area contributed by atoms with Crippen LogP contribution in [0.2, 0.25) is 0 Å². The molecule has 3 nitrogen and oxygen atoms in total. The molecule has 0 fully saturated rings. The van der Waals surface area contributed by atoms with Gasteiger partial charge >= 0.3 is 5.97 Å². The van der Waals surface area contributed by atoms with Gasteiger partial charge in [-0.25, -0.2) is 4.79 Å². The summed E-state index contributed by atoms with van der Waals surface area (Å²) < 4.78 is 0. The Kier molecular flexibility index (Phi) is 4.12. The van der Waals surface area contributed by atoms with Gasteiger partial charge in [-0.05, 0) is 47.2 Å². The van der Waals surface area contributed by atoms with Gasteiger partial charge in [-0.1, -0.05) is 19.1 Å². The standard InChI is InChI=1S/C15H15NO2S/c1-2-19-14-5-3-10(4-6-14)11-7-12(15(17)18)9-13(16)8-11/h3-9H,2,16H2,1H3,(H,17,18). The quantitative estimate of drug-likeness (QED) is 0.658. The molecule has 0 aliphatic heterocycles. The van der Waals surface area contributed by atoms with Crippen LogP contribution in [0.3, 0.4) is 0 Å². The first-order valence-corrected chi connectivity index (χ1v) is 6.96. The van der Waals surface area contributed by atoms with Crippen molar-refractivity contribution in [3.05, 3.63) is 48.0 Å². The zero-order chi connectivity index (χ0) is 13.8. The first-order valence-electron chi connectivity index (χ1n) is 5.97. The molecule has 0 amide bonds. The second-order valence-electron chi connectivity index (χ2n) is 4.11. The van der Waals surface area contributed by atoms with Crippen LogP contribution in [0.5, 0.6) is 0 Å². The molecule has 0 spiro atoms. The number of thioether (sulfide) groups is 1. The number of aromatic carboxylic acids is 1. The molecule has 3 N–H and O–H groups in total. The van der Waals surface area contributed by atoms with Gasteiger partial charge in [0.15, 0.2) is 0 Å². The summed E-state index contributed by atoms with van der Waals surface area (Å²) in [5, 5.41) is 9.04. The molecule has 0 heterocycles. The van der Waals surface area contributed by atoms with E-state index in [2.05, 4.69) is 6.92 Å². The van der Waals surface area contributed by atoms with Crippen LogP contribution in [0.4, 0.5) is 5.69 Å². The number of nitrogens with two attached hydrogens (primary N) is 1. The average molecular weight is 273 g/mol. The number of carboxylic acid groups (broad SMARTS) is 1. The summed E-state index contributed by atoms with van der Waals surface area (Å²) in [6.07, 6.45) is 0. The molecule has 0 bridgehead atoms. The molecule has 2 rings (SSSR count).